The molecule has 0 atom stereocenters. The molecule has 0 unspecified atom stereocenters. The molecule has 1 aliphatic carbocycles. The molecule has 1 N–H and O–H groups in total. The fourth-order valence-corrected chi connectivity index (χ4v) is 1.34. The Morgan fingerprint density at radius 3 is 2.33 bits per heavy atom. The zero-order valence-electron chi connectivity index (χ0n) is 6.92. The summed E-state index contributed by atoms with van der Waals surface area (Å²) in [7, 11) is 0. The van der Waals surface area contributed by atoms with E-state index in [-0.39, 0.29) is 5.75 Å². The van der Waals surface area contributed by atoms with Gasteiger partial charge in [-0.15, -0.1) is 0 Å². The van der Waals surface area contributed by atoms with Gasteiger partial charge in [0.05, 0.1) is 0 Å². The highest BCUT2D eigenvalue weighted by Gasteiger charge is 2.16. The Hall–Kier alpha value is -1.18. The normalized spacial score (nSPS) is 17.0. The monoisotopic (exact) mass is 162 g/mol. The molecule has 0 heterocycles. The van der Waals surface area contributed by atoms with E-state index in [1.165, 1.54) is 19.3 Å². The highest BCUT2D eigenvalue weighted by atomic mass is 16.3. The average Bonchev–Trinajstić information content (AvgIpc) is 2.00. The van der Waals surface area contributed by atoms with Crippen molar-refractivity contribution in [1.29, 1.82) is 0 Å². The molecule has 0 spiro atoms. The fourth-order valence-electron chi connectivity index (χ4n) is 1.34. The van der Waals surface area contributed by atoms with E-state index < -0.39 is 0 Å². The summed E-state index contributed by atoms with van der Waals surface area (Å²) in [5, 5.41) is 14.1. The zero-order valence-corrected chi connectivity index (χ0v) is 6.92. The summed E-state index contributed by atoms with van der Waals surface area (Å²) in [4.78, 5) is 0. The van der Waals surface area contributed by atoms with Crippen LogP contribution in [-0.2, 0) is 5.11 Å². The quantitative estimate of drug-likeness (QED) is 0.712. The van der Waals surface area contributed by atoms with Gasteiger partial charge in [-0.3, -0.25) is 5.11 Å². The third kappa shape index (κ3) is 1.52. The van der Waals surface area contributed by atoms with Gasteiger partial charge < -0.3 is 5.32 Å². The van der Waals surface area contributed by atoms with Gasteiger partial charge >= 0.3 is 0 Å². The third-order valence-corrected chi connectivity index (χ3v) is 2.33. The van der Waals surface area contributed by atoms with E-state index in [4.69, 9.17) is 0 Å². The van der Waals surface area contributed by atoms with Crippen LogP contribution in [0, 0.1) is 0 Å². The number of hydrogen-bond acceptors (Lipinski definition) is 1. The maximum atomic E-state index is 10.8. The molecule has 1 aromatic carbocycles. The first kappa shape index (κ1) is 7.47. The lowest BCUT2D eigenvalue weighted by molar-refractivity contribution is 0.355. The smallest absolute Gasteiger partial charge is 0.178 e. The van der Waals surface area contributed by atoms with Crippen molar-refractivity contribution in [2.75, 3.05) is 5.32 Å². The van der Waals surface area contributed by atoms with E-state index in [1.54, 1.807) is 12.1 Å². The van der Waals surface area contributed by atoms with E-state index in [1.807, 2.05) is 12.1 Å². The second-order valence-electron chi connectivity index (χ2n) is 3.30. The molecule has 1 aliphatic rings. The van der Waals surface area contributed by atoms with E-state index in [9.17, 15) is 5.11 Å². The molecule has 0 amide bonds. The predicted molar refractivity (Wildman–Crippen MR) is 47.8 cm³/mol. The van der Waals surface area contributed by atoms with Crippen molar-refractivity contribution < 1.29 is 5.11 Å². The van der Waals surface area contributed by atoms with Crippen LogP contribution in [0.4, 0.5) is 5.69 Å². The summed E-state index contributed by atoms with van der Waals surface area (Å²) in [5.41, 5.74) is 1.07. The summed E-state index contributed by atoms with van der Waals surface area (Å²) >= 11 is 0. The molecule has 0 aromatic heterocycles. The van der Waals surface area contributed by atoms with Crippen molar-refractivity contribution in [3.63, 3.8) is 0 Å². The van der Waals surface area contributed by atoms with Crippen LogP contribution in [-0.4, -0.2) is 6.04 Å². The summed E-state index contributed by atoms with van der Waals surface area (Å²) in [6.07, 6.45) is 3.86. The van der Waals surface area contributed by atoms with Gasteiger partial charge in [0.1, 0.15) is 0 Å². The van der Waals surface area contributed by atoms with Crippen molar-refractivity contribution in [2.24, 2.45) is 0 Å². The van der Waals surface area contributed by atoms with E-state index in [2.05, 4.69) is 5.32 Å². The van der Waals surface area contributed by atoms with Crippen molar-refractivity contribution in [1.82, 2.24) is 0 Å². The molecular formula is C10H12NO. The molecule has 1 saturated carbocycles. The van der Waals surface area contributed by atoms with E-state index in [0.29, 0.717) is 6.04 Å². The Kier molecular flexibility index (Phi) is 1.90. The minimum Gasteiger partial charge on any atom is -0.382 e. The van der Waals surface area contributed by atoms with E-state index in [0.717, 1.165) is 5.69 Å². The number of hydrogen-bond donors (Lipinski definition) is 1. The number of rotatable bonds is 2. The Morgan fingerprint density at radius 2 is 1.83 bits per heavy atom. The summed E-state index contributed by atoms with van der Waals surface area (Å²) in [6, 6.07) is 7.53. The molecule has 12 heavy (non-hydrogen) atoms. The first-order valence-electron chi connectivity index (χ1n) is 4.38. The maximum Gasteiger partial charge on any atom is 0.178 e. The third-order valence-electron chi connectivity index (χ3n) is 2.33. The molecule has 2 nitrogen and oxygen atoms in total. The summed E-state index contributed by atoms with van der Waals surface area (Å²) in [5.74, 6) is 0.0779. The van der Waals surface area contributed by atoms with Gasteiger partial charge in [-0.05, 0) is 43.5 Å². The average molecular weight is 162 g/mol. The van der Waals surface area contributed by atoms with Gasteiger partial charge in [-0.2, -0.15) is 0 Å². The highest BCUT2D eigenvalue weighted by molar-refractivity contribution is 5.46. The van der Waals surface area contributed by atoms with Gasteiger partial charge in [-0.25, -0.2) is 0 Å². The van der Waals surface area contributed by atoms with Crippen molar-refractivity contribution in [3.8, 4) is 5.75 Å². The zero-order chi connectivity index (χ0) is 8.39. The van der Waals surface area contributed by atoms with Crippen molar-refractivity contribution in [3.05, 3.63) is 24.3 Å². The SMILES string of the molecule is [O]c1ccc(NC2CCC2)cc1. The minimum absolute atomic E-state index is 0.0779. The van der Waals surface area contributed by atoms with Crippen LogP contribution in [0.15, 0.2) is 24.3 Å². The molecule has 1 aromatic rings. The molecule has 2 rings (SSSR count). The predicted octanol–water partition coefficient (Wildman–Crippen LogP) is 2.79. The van der Waals surface area contributed by atoms with Gasteiger partial charge in [0.25, 0.3) is 0 Å². The van der Waals surface area contributed by atoms with Crippen molar-refractivity contribution >= 4 is 5.69 Å². The Labute approximate surface area is 72.2 Å². The van der Waals surface area contributed by atoms with Crippen LogP contribution < -0.4 is 5.32 Å². The minimum atomic E-state index is 0.0779. The first-order valence-corrected chi connectivity index (χ1v) is 4.38. The lowest BCUT2D eigenvalue weighted by Gasteiger charge is -2.27. The van der Waals surface area contributed by atoms with E-state index >= 15 is 0 Å². The largest absolute Gasteiger partial charge is 0.382 e. The summed E-state index contributed by atoms with van der Waals surface area (Å²) < 4.78 is 0. The molecule has 1 fully saturated rings. The molecule has 2 heteroatoms. The maximum absolute atomic E-state index is 10.8. The Bertz CT molecular complexity index is 251. The molecule has 0 aliphatic heterocycles. The van der Waals surface area contributed by atoms with Gasteiger partial charge in [-0.1, -0.05) is 0 Å². The van der Waals surface area contributed by atoms with Crippen LogP contribution in [0.25, 0.3) is 0 Å². The fraction of sp³-hybridized carbons (Fsp3) is 0.400. The number of anilines is 1. The first-order chi connectivity index (χ1) is 5.84. The van der Waals surface area contributed by atoms with Gasteiger partial charge in [0.2, 0.25) is 0 Å². The molecule has 0 saturated heterocycles. The van der Waals surface area contributed by atoms with Crippen LogP contribution in [0.5, 0.6) is 5.75 Å². The highest BCUT2D eigenvalue weighted by Crippen LogP contribution is 2.24. The summed E-state index contributed by atoms with van der Waals surface area (Å²) in [6.45, 7) is 0. The second kappa shape index (κ2) is 3.05. The molecular weight excluding hydrogens is 150 g/mol. The lowest BCUT2D eigenvalue weighted by Crippen LogP contribution is -2.26. The number of nitrogens with one attached hydrogen (secondary N) is 1. The van der Waals surface area contributed by atoms with Crippen LogP contribution in [0.3, 0.4) is 0 Å². The molecule has 63 valence electrons. The van der Waals surface area contributed by atoms with Crippen molar-refractivity contribution in [2.45, 2.75) is 25.3 Å². The second-order valence-corrected chi connectivity index (χ2v) is 3.30. The van der Waals surface area contributed by atoms with Gasteiger partial charge in [0.15, 0.2) is 5.75 Å². The number of benzene rings is 1. The Morgan fingerprint density at radius 1 is 1.17 bits per heavy atom. The van der Waals surface area contributed by atoms with Crippen LogP contribution >= 0.6 is 0 Å². The van der Waals surface area contributed by atoms with Crippen LogP contribution in [0.2, 0.25) is 0 Å². The lowest BCUT2D eigenvalue weighted by atomic mass is 9.93. The topological polar surface area (TPSA) is 31.9 Å². The molecule has 0 bridgehead atoms. The van der Waals surface area contributed by atoms with Crippen LogP contribution in [0.1, 0.15) is 19.3 Å². The molecule has 1 radical (unpaired) electrons. The standard InChI is InChI=1S/C10H12NO/c12-10-6-4-9(5-7-10)11-8-2-1-3-8/h4-8,11H,1-3H2. The van der Waals surface area contributed by atoms with Gasteiger partial charge in [0, 0.05) is 11.7 Å². The Balaban J connectivity index is 1.98.